The van der Waals surface area contributed by atoms with Gasteiger partial charge in [-0.1, -0.05) is 60.1 Å². The molecular weight excluding hydrogens is 362 g/mol. The molecule has 0 saturated heterocycles. The summed E-state index contributed by atoms with van der Waals surface area (Å²) in [4.78, 5) is 13.0. The maximum atomic E-state index is 13.0. The lowest BCUT2D eigenvalue weighted by atomic mass is 10.0. The molecule has 4 nitrogen and oxygen atoms in total. The van der Waals surface area contributed by atoms with Crippen LogP contribution in [0.25, 0.3) is 10.8 Å². The van der Waals surface area contributed by atoms with E-state index in [0.29, 0.717) is 29.5 Å². The largest absolute Gasteiger partial charge is 0.493 e. The normalized spacial score (nSPS) is 12.0. The Morgan fingerprint density at radius 1 is 1.07 bits per heavy atom. The molecule has 1 N–H and O–H groups in total. The van der Waals surface area contributed by atoms with Crippen molar-refractivity contribution in [2.24, 2.45) is 0 Å². The number of ether oxygens (including phenoxy) is 2. The molecule has 27 heavy (non-hydrogen) atoms. The number of nitrogens with one attached hydrogen (secondary N) is 1. The molecule has 0 aliphatic rings. The van der Waals surface area contributed by atoms with Gasteiger partial charge in [0.05, 0.1) is 12.2 Å². The fourth-order valence-electron chi connectivity index (χ4n) is 3.09. The van der Waals surface area contributed by atoms with Gasteiger partial charge >= 0.3 is 0 Å². The van der Waals surface area contributed by atoms with Crippen LogP contribution in [0.1, 0.15) is 28.9 Å². The molecule has 0 heterocycles. The Bertz CT molecular complexity index is 942. The van der Waals surface area contributed by atoms with Gasteiger partial charge in [0.1, 0.15) is 11.9 Å². The van der Waals surface area contributed by atoms with E-state index in [1.54, 1.807) is 7.11 Å². The van der Waals surface area contributed by atoms with Crippen molar-refractivity contribution in [3.63, 3.8) is 0 Å². The summed E-state index contributed by atoms with van der Waals surface area (Å²) in [7, 11) is 1.60. The molecule has 0 spiro atoms. The number of carbonyl (C=O) groups is 1. The van der Waals surface area contributed by atoms with Gasteiger partial charge in [0.15, 0.2) is 0 Å². The third-order valence-corrected chi connectivity index (χ3v) is 4.75. The van der Waals surface area contributed by atoms with Crippen LogP contribution in [0.5, 0.6) is 5.75 Å². The highest BCUT2D eigenvalue weighted by atomic mass is 35.5. The van der Waals surface area contributed by atoms with E-state index >= 15 is 0 Å². The van der Waals surface area contributed by atoms with Crippen molar-refractivity contribution in [1.29, 1.82) is 0 Å². The highest BCUT2D eigenvalue weighted by Crippen LogP contribution is 2.29. The van der Waals surface area contributed by atoms with Crippen molar-refractivity contribution in [3.05, 3.63) is 76.8 Å². The molecule has 0 bridgehead atoms. The average molecular weight is 384 g/mol. The molecule has 0 aromatic heterocycles. The van der Waals surface area contributed by atoms with E-state index in [0.717, 1.165) is 16.3 Å². The van der Waals surface area contributed by atoms with E-state index in [2.05, 4.69) is 5.32 Å². The summed E-state index contributed by atoms with van der Waals surface area (Å²) in [5.74, 6) is 0.366. The number of fused-ring (bicyclic) bond motifs is 1. The van der Waals surface area contributed by atoms with Gasteiger partial charge in [-0.15, -0.1) is 0 Å². The van der Waals surface area contributed by atoms with E-state index in [4.69, 9.17) is 21.1 Å². The minimum Gasteiger partial charge on any atom is -0.493 e. The number of amides is 1. The van der Waals surface area contributed by atoms with Crippen LogP contribution in [-0.2, 0) is 4.74 Å². The van der Waals surface area contributed by atoms with E-state index in [-0.39, 0.29) is 12.0 Å². The van der Waals surface area contributed by atoms with E-state index < -0.39 is 0 Å². The Balaban J connectivity index is 1.87. The summed E-state index contributed by atoms with van der Waals surface area (Å²) in [5.41, 5.74) is 1.37. The number of methoxy groups -OCH3 is 1. The van der Waals surface area contributed by atoms with Crippen molar-refractivity contribution in [1.82, 2.24) is 5.32 Å². The smallest absolute Gasteiger partial charge is 0.255 e. The van der Waals surface area contributed by atoms with Gasteiger partial charge in [-0.25, -0.2) is 0 Å². The predicted octanol–water partition coefficient (Wildman–Crippen LogP) is 5.01. The first-order chi connectivity index (χ1) is 13.2. The number of rotatable bonds is 7. The predicted molar refractivity (Wildman–Crippen MR) is 109 cm³/mol. The van der Waals surface area contributed by atoms with Crippen molar-refractivity contribution in [3.8, 4) is 5.75 Å². The minimum absolute atomic E-state index is 0.204. The van der Waals surface area contributed by atoms with Gasteiger partial charge in [-0.3, -0.25) is 4.79 Å². The number of halogens is 1. The van der Waals surface area contributed by atoms with E-state index in [1.807, 2.05) is 67.6 Å². The van der Waals surface area contributed by atoms with E-state index in [9.17, 15) is 4.79 Å². The van der Waals surface area contributed by atoms with Crippen LogP contribution < -0.4 is 10.1 Å². The molecule has 0 aliphatic heterocycles. The lowest BCUT2D eigenvalue weighted by Gasteiger charge is -2.19. The molecule has 3 aromatic rings. The van der Waals surface area contributed by atoms with Crippen molar-refractivity contribution in [2.75, 3.05) is 20.3 Å². The zero-order valence-electron chi connectivity index (χ0n) is 15.4. The van der Waals surface area contributed by atoms with E-state index in [1.165, 1.54) is 0 Å². The van der Waals surface area contributed by atoms with Gasteiger partial charge < -0.3 is 14.8 Å². The van der Waals surface area contributed by atoms with Crippen LogP contribution in [0.4, 0.5) is 0 Å². The van der Waals surface area contributed by atoms with Crippen molar-refractivity contribution in [2.45, 2.75) is 13.0 Å². The summed E-state index contributed by atoms with van der Waals surface area (Å²) < 4.78 is 11.2. The quantitative estimate of drug-likeness (QED) is 0.623. The first kappa shape index (κ1) is 19.2. The molecule has 140 valence electrons. The third kappa shape index (κ3) is 4.24. The Morgan fingerprint density at radius 2 is 1.81 bits per heavy atom. The highest BCUT2D eigenvalue weighted by molar-refractivity contribution is 6.31. The molecule has 1 unspecified atom stereocenters. The van der Waals surface area contributed by atoms with Crippen LogP contribution in [0.15, 0.2) is 60.7 Å². The molecule has 0 saturated carbocycles. The number of hydrogen-bond acceptors (Lipinski definition) is 3. The van der Waals surface area contributed by atoms with Gasteiger partial charge in [0.2, 0.25) is 0 Å². The Hall–Kier alpha value is -2.56. The molecule has 5 heteroatoms. The molecule has 0 fully saturated rings. The SMILES string of the molecule is CCOc1ccc2ccccc2c1C(=O)NCC(OC)c1ccccc1Cl. The van der Waals surface area contributed by atoms with Crippen molar-refractivity contribution >= 4 is 28.3 Å². The highest BCUT2D eigenvalue weighted by Gasteiger charge is 2.19. The fourth-order valence-corrected chi connectivity index (χ4v) is 3.35. The third-order valence-electron chi connectivity index (χ3n) is 4.40. The van der Waals surface area contributed by atoms with Crippen LogP contribution >= 0.6 is 11.6 Å². The maximum Gasteiger partial charge on any atom is 0.255 e. The second-order valence-corrected chi connectivity index (χ2v) is 6.46. The second kappa shape index (κ2) is 8.89. The minimum atomic E-state index is -0.340. The fraction of sp³-hybridized carbons (Fsp3) is 0.227. The zero-order valence-corrected chi connectivity index (χ0v) is 16.1. The van der Waals surface area contributed by atoms with Crippen molar-refractivity contribution < 1.29 is 14.3 Å². The Morgan fingerprint density at radius 3 is 2.56 bits per heavy atom. The lowest BCUT2D eigenvalue weighted by molar-refractivity contribution is 0.0826. The number of hydrogen-bond donors (Lipinski definition) is 1. The molecular formula is C22H22ClNO3. The molecule has 1 atom stereocenters. The first-order valence-electron chi connectivity index (χ1n) is 8.85. The topological polar surface area (TPSA) is 47.6 Å². The second-order valence-electron chi connectivity index (χ2n) is 6.05. The maximum absolute atomic E-state index is 13.0. The summed E-state index contributed by atoms with van der Waals surface area (Å²) in [5, 5.41) is 5.41. The average Bonchev–Trinajstić information content (AvgIpc) is 2.69. The standard InChI is InChI=1S/C22H22ClNO3/c1-3-27-19-13-12-15-8-4-5-9-16(15)21(19)22(25)24-14-20(26-2)17-10-6-7-11-18(17)23/h4-13,20H,3,14H2,1-2H3,(H,24,25). The summed E-state index contributed by atoms with van der Waals surface area (Å²) in [6.45, 7) is 2.68. The molecule has 1 amide bonds. The number of carbonyl (C=O) groups excluding carboxylic acids is 1. The summed E-state index contributed by atoms with van der Waals surface area (Å²) in [6.07, 6.45) is -0.340. The van der Waals surface area contributed by atoms with Crippen LogP contribution in [0.3, 0.4) is 0 Å². The lowest BCUT2D eigenvalue weighted by Crippen LogP contribution is -2.29. The van der Waals surface area contributed by atoms with Gasteiger partial charge in [0, 0.05) is 24.2 Å². The molecule has 3 aromatic carbocycles. The van der Waals surface area contributed by atoms with Crippen LogP contribution in [0.2, 0.25) is 5.02 Å². The summed E-state index contributed by atoms with van der Waals surface area (Å²) in [6, 6.07) is 19.0. The molecule has 3 rings (SSSR count). The Kier molecular flexibility index (Phi) is 6.32. The zero-order chi connectivity index (χ0) is 19.2. The molecule has 0 radical (unpaired) electrons. The van der Waals surface area contributed by atoms with Gasteiger partial charge in [-0.2, -0.15) is 0 Å². The molecule has 0 aliphatic carbocycles. The van der Waals surface area contributed by atoms with Gasteiger partial charge in [-0.05, 0) is 29.8 Å². The van der Waals surface area contributed by atoms with Gasteiger partial charge in [0.25, 0.3) is 5.91 Å². The first-order valence-corrected chi connectivity index (χ1v) is 9.23. The Labute approximate surface area is 164 Å². The monoisotopic (exact) mass is 383 g/mol. The van der Waals surface area contributed by atoms with Crippen LogP contribution in [0, 0.1) is 0 Å². The van der Waals surface area contributed by atoms with Crippen LogP contribution in [-0.4, -0.2) is 26.2 Å². The summed E-state index contributed by atoms with van der Waals surface area (Å²) >= 11 is 6.26. The number of benzene rings is 3.